The molecular weight excluding hydrogens is 470 g/mol. The minimum atomic E-state index is -1.87. The Bertz CT molecular complexity index is 1380. The van der Waals surface area contributed by atoms with Crippen molar-refractivity contribution in [3.63, 3.8) is 0 Å². The predicted octanol–water partition coefficient (Wildman–Crippen LogP) is 3.77. The molecule has 0 saturated carbocycles. The fourth-order valence-corrected chi connectivity index (χ4v) is 5.06. The van der Waals surface area contributed by atoms with Crippen molar-refractivity contribution in [3.05, 3.63) is 82.6 Å². The molecule has 9 nitrogen and oxygen atoms in total. The van der Waals surface area contributed by atoms with Crippen LogP contribution >= 0.6 is 0 Å². The van der Waals surface area contributed by atoms with Gasteiger partial charge in [-0.1, -0.05) is 42.5 Å². The van der Waals surface area contributed by atoms with Crippen LogP contribution < -0.4 is 15.2 Å². The zero-order chi connectivity index (χ0) is 26.6. The molecule has 2 aromatic rings. The van der Waals surface area contributed by atoms with Crippen LogP contribution in [0.4, 0.5) is 4.79 Å². The van der Waals surface area contributed by atoms with Crippen molar-refractivity contribution in [1.29, 1.82) is 15.8 Å². The molecule has 0 saturated heterocycles. The van der Waals surface area contributed by atoms with E-state index in [9.17, 15) is 20.6 Å². The summed E-state index contributed by atoms with van der Waals surface area (Å²) in [6.45, 7) is 0.406. The summed E-state index contributed by atoms with van der Waals surface area (Å²) in [7, 11) is 3.00. The van der Waals surface area contributed by atoms with E-state index in [1.807, 2.05) is 30.3 Å². The summed E-state index contributed by atoms with van der Waals surface area (Å²) in [4.78, 5) is 14.5. The van der Waals surface area contributed by atoms with Gasteiger partial charge in [-0.25, -0.2) is 4.79 Å². The summed E-state index contributed by atoms with van der Waals surface area (Å²) >= 11 is 0. The number of amides is 1. The first-order valence-electron chi connectivity index (χ1n) is 11.5. The van der Waals surface area contributed by atoms with Crippen molar-refractivity contribution < 1.29 is 19.0 Å². The lowest BCUT2D eigenvalue weighted by molar-refractivity contribution is 0.0897. The van der Waals surface area contributed by atoms with Crippen LogP contribution in [-0.2, 0) is 11.3 Å². The highest BCUT2D eigenvalue weighted by molar-refractivity contribution is 5.70. The molecule has 9 heteroatoms. The molecule has 0 fully saturated rings. The van der Waals surface area contributed by atoms with Gasteiger partial charge in [-0.15, -0.1) is 0 Å². The maximum absolute atomic E-state index is 13.0. The number of nitriles is 3. The topological polar surface area (TPSA) is 145 Å². The maximum atomic E-state index is 13.0. The molecule has 1 aliphatic heterocycles. The summed E-state index contributed by atoms with van der Waals surface area (Å²) in [5.74, 6) is -0.503. The number of methoxy groups -OCH3 is 2. The summed E-state index contributed by atoms with van der Waals surface area (Å²) in [5.41, 5.74) is 6.48. The molecule has 2 aliphatic rings. The van der Waals surface area contributed by atoms with Crippen molar-refractivity contribution in [3.8, 4) is 29.7 Å². The van der Waals surface area contributed by atoms with Crippen molar-refractivity contribution in [1.82, 2.24) is 4.90 Å². The Morgan fingerprint density at radius 3 is 2.46 bits per heavy atom. The highest BCUT2D eigenvalue weighted by atomic mass is 16.6. The van der Waals surface area contributed by atoms with Crippen LogP contribution in [0.15, 0.2) is 71.5 Å². The first-order chi connectivity index (χ1) is 17.9. The highest BCUT2D eigenvalue weighted by Crippen LogP contribution is 2.56. The first-order valence-corrected chi connectivity index (χ1v) is 11.5. The zero-order valence-corrected chi connectivity index (χ0v) is 20.5. The van der Waals surface area contributed by atoms with E-state index in [1.54, 1.807) is 24.3 Å². The maximum Gasteiger partial charge on any atom is 0.410 e. The molecule has 4 rings (SSSR count). The van der Waals surface area contributed by atoms with Crippen molar-refractivity contribution >= 4 is 6.09 Å². The molecule has 2 N–H and O–H groups in total. The van der Waals surface area contributed by atoms with Gasteiger partial charge in [-0.05, 0) is 17.2 Å². The van der Waals surface area contributed by atoms with Gasteiger partial charge in [0.05, 0.1) is 37.6 Å². The smallest absolute Gasteiger partial charge is 0.410 e. The largest absolute Gasteiger partial charge is 0.497 e. The van der Waals surface area contributed by atoms with E-state index in [2.05, 4.69) is 18.2 Å². The Hall–Kier alpha value is -4.94. The lowest BCUT2D eigenvalue weighted by Crippen LogP contribution is -2.49. The highest BCUT2D eigenvalue weighted by Gasteiger charge is 2.55. The number of nitrogens with zero attached hydrogens (tertiary/aromatic N) is 4. The van der Waals surface area contributed by atoms with E-state index in [4.69, 9.17) is 19.9 Å². The van der Waals surface area contributed by atoms with Gasteiger partial charge in [-0.3, -0.25) is 0 Å². The summed E-state index contributed by atoms with van der Waals surface area (Å²) in [5, 5.41) is 30.6. The van der Waals surface area contributed by atoms with Crippen LogP contribution in [0.5, 0.6) is 11.5 Å². The lowest BCUT2D eigenvalue weighted by Gasteiger charge is -2.45. The van der Waals surface area contributed by atoms with Crippen LogP contribution in [0.25, 0.3) is 0 Å². The monoisotopic (exact) mass is 495 g/mol. The van der Waals surface area contributed by atoms with Gasteiger partial charge in [0, 0.05) is 36.6 Å². The molecule has 0 radical (unpaired) electrons. The van der Waals surface area contributed by atoms with Gasteiger partial charge < -0.3 is 24.8 Å². The van der Waals surface area contributed by atoms with Gasteiger partial charge in [0.1, 0.15) is 24.2 Å². The molecule has 1 heterocycles. The van der Waals surface area contributed by atoms with E-state index in [-0.39, 0.29) is 31.0 Å². The van der Waals surface area contributed by atoms with Gasteiger partial charge in [0.2, 0.25) is 0 Å². The number of ether oxygens (including phenoxy) is 3. The molecule has 0 bridgehead atoms. The molecule has 0 unspecified atom stereocenters. The van der Waals surface area contributed by atoms with Gasteiger partial charge in [0.25, 0.3) is 0 Å². The van der Waals surface area contributed by atoms with Crippen LogP contribution in [-0.4, -0.2) is 38.3 Å². The Labute approximate surface area is 215 Å². The molecule has 1 amide bonds. The zero-order valence-electron chi connectivity index (χ0n) is 20.5. The fraction of sp³-hybridized carbons (Fsp3) is 0.286. The van der Waals surface area contributed by atoms with Gasteiger partial charge >= 0.3 is 6.09 Å². The molecule has 2 aromatic carbocycles. The van der Waals surface area contributed by atoms with Crippen molar-refractivity contribution in [2.45, 2.75) is 12.5 Å². The van der Waals surface area contributed by atoms with E-state index in [0.717, 1.165) is 5.56 Å². The van der Waals surface area contributed by atoms with Gasteiger partial charge in [-0.2, -0.15) is 15.8 Å². The minimum Gasteiger partial charge on any atom is -0.497 e. The number of carbonyl (C=O) groups is 1. The Morgan fingerprint density at radius 1 is 1.11 bits per heavy atom. The first kappa shape index (κ1) is 25.2. The third-order valence-corrected chi connectivity index (χ3v) is 6.90. The van der Waals surface area contributed by atoms with Crippen LogP contribution in [0.2, 0.25) is 0 Å². The van der Waals surface area contributed by atoms with Crippen LogP contribution in [0.1, 0.15) is 17.0 Å². The molecule has 37 heavy (non-hydrogen) atoms. The normalized spacial score (nSPS) is 19.9. The standard InChI is InChI=1S/C28H25N5O4/c1-35-19-8-9-21(24(12-19)36-2)25-23-14-33(27(34)37-15-18-6-4-3-5-7-18)11-10-20(23)22(13-29)26(32)28(25,16-30)17-31/h3-10,12,23,25H,11,14-15,32H2,1-2H3/t23-,25+/m1/s1. The number of rotatable bonds is 5. The molecule has 186 valence electrons. The fourth-order valence-electron chi connectivity index (χ4n) is 5.06. The average Bonchev–Trinajstić information content (AvgIpc) is 2.95. The molecular formula is C28H25N5O4. The SMILES string of the molecule is COc1ccc([C@H]2[C@@H]3CN(C(=O)OCc4ccccc4)CC=C3C(C#N)=C(N)C2(C#N)C#N)c(OC)c1. The van der Waals surface area contributed by atoms with E-state index in [1.165, 1.54) is 19.1 Å². The molecule has 1 aliphatic carbocycles. The Balaban J connectivity index is 1.79. The molecule has 0 spiro atoms. The minimum absolute atomic E-state index is 0.0918. The third-order valence-electron chi connectivity index (χ3n) is 6.90. The van der Waals surface area contributed by atoms with Gasteiger partial charge in [0.15, 0.2) is 5.41 Å². The second-order valence-corrected chi connectivity index (χ2v) is 8.73. The van der Waals surface area contributed by atoms with E-state index in [0.29, 0.717) is 22.6 Å². The quantitative estimate of drug-likeness (QED) is 0.660. The number of benzene rings is 2. The van der Waals surface area contributed by atoms with Crippen LogP contribution in [0, 0.1) is 45.3 Å². The number of nitrogens with two attached hydrogens (primary N) is 1. The Morgan fingerprint density at radius 2 is 1.84 bits per heavy atom. The van der Waals surface area contributed by atoms with Crippen molar-refractivity contribution in [2.75, 3.05) is 27.3 Å². The Kier molecular flexibility index (Phi) is 7.04. The van der Waals surface area contributed by atoms with E-state index >= 15 is 0 Å². The second-order valence-electron chi connectivity index (χ2n) is 8.73. The number of allylic oxidation sites excluding steroid dienone is 2. The predicted molar refractivity (Wildman–Crippen MR) is 133 cm³/mol. The molecule has 2 atom stereocenters. The summed E-state index contributed by atoms with van der Waals surface area (Å²) in [6, 6.07) is 20.7. The number of hydrogen-bond acceptors (Lipinski definition) is 8. The summed E-state index contributed by atoms with van der Waals surface area (Å²) < 4.78 is 16.4. The van der Waals surface area contributed by atoms with Crippen LogP contribution in [0.3, 0.4) is 0 Å². The average molecular weight is 496 g/mol. The number of fused-ring (bicyclic) bond motifs is 1. The number of carbonyl (C=O) groups excluding carboxylic acids is 1. The summed E-state index contributed by atoms with van der Waals surface area (Å²) in [6.07, 6.45) is 1.20. The van der Waals surface area contributed by atoms with E-state index < -0.39 is 23.3 Å². The number of hydrogen-bond donors (Lipinski definition) is 1. The molecule has 0 aromatic heterocycles. The van der Waals surface area contributed by atoms with Crippen molar-refractivity contribution in [2.24, 2.45) is 17.1 Å². The third kappa shape index (κ3) is 4.30. The second kappa shape index (κ2) is 10.4. The lowest BCUT2D eigenvalue weighted by atomic mass is 9.58.